The van der Waals surface area contributed by atoms with Crippen molar-refractivity contribution in [3.05, 3.63) is 64.9 Å². The van der Waals surface area contributed by atoms with Gasteiger partial charge in [0, 0.05) is 5.02 Å². The Kier molecular flexibility index (Phi) is 5.39. The number of benzene rings is 2. The zero-order chi connectivity index (χ0) is 14.4. The van der Waals surface area contributed by atoms with Crippen LogP contribution < -0.4 is 10.5 Å². The summed E-state index contributed by atoms with van der Waals surface area (Å²) in [5.41, 5.74) is 6.67. The maximum atomic E-state index is 13.2. The molecule has 2 nitrogen and oxygen atoms in total. The molecule has 2 N–H and O–H groups in total. The van der Waals surface area contributed by atoms with Crippen LogP contribution in [0.2, 0.25) is 5.02 Å². The molecule has 0 aliphatic heterocycles. The maximum absolute atomic E-state index is 13.2. The van der Waals surface area contributed by atoms with Gasteiger partial charge in [0.05, 0.1) is 6.61 Å². The summed E-state index contributed by atoms with van der Waals surface area (Å²) in [5, 5.41) is 0.678. The van der Waals surface area contributed by atoms with Crippen molar-refractivity contribution in [1.82, 2.24) is 0 Å². The van der Waals surface area contributed by atoms with Crippen molar-refractivity contribution in [2.24, 2.45) is 5.73 Å². The predicted molar refractivity (Wildman–Crippen MR) is 79.8 cm³/mol. The van der Waals surface area contributed by atoms with Gasteiger partial charge in [-0.2, -0.15) is 0 Å². The molecule has 0 bridgehead atoms. The molecule has 2 aromatic carbocycles. The molecule has 0 saturated carbocycles. The highest BCUT2D eigenvalue weighted by atomic mass is 35.5. The zero-order valence-corrected chi connectivity index (χ0v) is 11.8. The third-order valence-corrected chi connectivity index (χ3v) is 3.41. The quantitative estimate of drug-likeness (QED) is 0.874. The highest BCUT2D eigenvalue weighted by Crippen LogP contribution is 2.21. The molecule has 20 heavy (non-hydrogen) atoms. The van der Waals surface area contributed by atoms with Gasteiger partial charge >= 0.3 is 0 Å². The van der Waals surface area contributed by atoms with E-state index in [1.807, 2.05) is 18.2 Å². The fourth-order valence-corrected chi connectivity index (χ4v) is 2.16. The van der Waals surface area contributed by atoms with E-state index in [9.17, 15) is 4.39 Å². The predicted octanol–water partition coefficient (Wildman–Crippen LogP) is 3.99. The third kappa shape index (κ3) is 4.22. The molecule has 0 aliphatic rings. The second-order valence-corrected chi connectivity index (χ2v) is 5.02. The van der Waals surface area contributed by atoms with E-state index in [2.05, 4.69) is 0 Å². The van der Waals surface area contributed by atoms with E-state index in [0.717, 1.165) is 17.7 Å². The molecule has 0 amide bonds. The monoisotopic (exact) mass is 293 g/mol. The van der Waals surface area contributed by atoms with E-state index in [4.69, 9.17) is 22.1 Å². The molecule has 2 rings (SSSR count). The van der Waals surface area contributed by atoms with E-state index in [-0.39, 0.29) is 11.7 Å². The molecule has 1 atom stereocenters. The smallest absolute Gasteiger partial charge is 0.123 e. The first kappa shape index (κ1) is 14.8. The lowest BCUT2D eigenvalue weighted by atomic mass is 9.96. The SMILES string of the molecule is NCC(CCOc1ccc(Cl)cc1)c1cccc(F)c1. The minimum absolute atomic E-state index is 0.0954. The number of hydrogen-bond donors (Lipinski definition) is 1. The fourth-order valence-electron chi connectivity index (χ4n) is 2.03. The Morgan fingerprint density at radius 1 is 1.15 bits per heavy atom. The Hall–Kier alpha value is -1.58. The summed E-state index contributed by atoms with van der Waals surface area (Å²) in [6, 6.07) is 13.8. The molecular formula is C16H17ClFNO. The second kappa shape index (κ2) is 7.27. The van der Waals surface area contributed by atoms with Crippen molar-refractivity contribution in [3.63, 3.8) is 0 Å². The van der Waals surface area contributed by atoms with Crippen molar-refractivity contribution >= 4 is 11.6 Å². The Balaban J connectivity index is 1.89. The third-order valence-electron chi connectivity index (χ3n) is 3.15. The van der Waals surface area contributed by atoms with E-state index in [0.29, 0.717) is 18.2 Å². The topological polar surface area (TPSA) is 35.2 Å². The molecule has 4 heteroatoms. The lowest BCUT2D eigenvalue weighted by Gasteiger charge is -2.15. The van der Waals surface area contributed by atoms with Crippen LogP contribution in [0.3, 0.4) is 0 Å². The number of ether oxygens (including phenoxy) is 1. The van der Waals surface area contributed by atoms with Crippen LogP contribution in [0.4, 0.5) is 4.39 Å². The number of rotatable bonds is 6. The summed E-state index contributed by atoms with van der Waals surface area (Å²) in [4.78, 5) is 0. The average Bonchev–Trinajstić information content (AvgIpc) is 2.45. The van der Waals surface area contributed by atoms with Gasteiger partial charge < -0.3 is 10.5 Å². The minimum Gasteiger partial charge on any atom is -0.494 e. The molecule has 2 aromatic rings. The minimum atomic E-state index is -0.237. The molecule has 0 saturated heterocycles. The van der Waals surface area contributed by atoms with Gasteiger partial charge in [0.15, 0.2) is 0 Å². The van der Waals surface area contributed by atoms with Crippen LogP contribution in [0.5, 0.6) is 5.75 Å². The van der Waals surface area contributed by atoms with Crippen LogP contribution in [-0.4, -0.2) is 13.2 Å². The van der Waals surface area contributed by atoms with Gasteiger partial charge in [0.25, 0.3) is 0 Å². The van der Waals surface area contributed by atoms with Crippen LogP contribution in [-0.2, 0) is 0 Å². The van der Waals surface area contributed by atoms with Crippen LogP contribution >= 0.6 is 11.6 Å². The zero-order valence-electron chi connectivity index (χ0n) is 11.1. The summed E-state index contributed by atoms with van der Waals surface area (Å²) >= 11 is 5.81. The number of halogens is 2. The van der Waals surface area contributed by atoms with Gasteiger partial charge in [-0.1, -0.05) is 23.7 Å². The Morgan fingerprint density at radius 3 is 2.55 bits per heavy atom. The first-order valence-electron chi connectivity index (χ1n) is 6.53. The van der Waals surface area contributed by atoms with Crippen molar-refractivity contribution in [2.75, 3.05) is 13.2 Å². The molecule has 106 valence electrons. The van der Waals surface area contributed by atoms with Crippen LogP contribution in [0.25, 0.3) is 0 Å². The van der Waals surface area contributed by atoms with Gasteiger partial charge in [0.1, 0.15) is 11.6 Å². The van der Waals surface area contributed by atoms with Crippen LogP contribution in [0.1, 0.15) is 17.9 Å². The van der Waals surface area contributed by atoms with E-state index >= 15 is 0 Å². The van der Waals surface area contributed by atoms with E-state index in [1.54, 1.807) is 18.2 Å². The van der Waals surface area contributed by atoms with Crippen LogP contribution in [0.15, 0.2) is 48.5 Å². The maximum Gasteiger partial charge on any atom is 0.123 e. The van der Waals surface area contributed by atoms with Crippen molar-refractivity contribution in [2.45, 2.75) is 12.3 Å². The van der Waals surface area contributed by atoms with Crippen molar-refractivity contribution < 1.29 is 9.13 Å². The summed E-state index contributed by atoms with van der Waals surface area (Å²) in [7, 11) is 0. The molecule has 0 radical (unpaired) electrons. The Morgan fingerprint density at radius 2 is 1.90 bits per heavy atom. The second-order valence-electron chi connectivity index (χ2n) is 4.58. The van der Waals surface area contributed by atoms with E-state index in [1.165, 1.54) is 12.1 Å². The van der Waals surface area contributed by atoms with Gasteiger partial charge in [-0.15, -0.1) is 0 Å². The summed E-state index contributed by atoms with van der Waals surface area (Å²) in [6.45, 7) is 0.993. The Labute approximate surface area is 123 Å². The van der Waals surface area contributed by atoms with Crippen molar-refractivity contribution in [1.29, 1.82) is 0 Å². The normalized spacial score (nSPS) is 12.2. The largest absolute Gasteiger partial charge is 0.494 e. The van der Waals surface area contributed by atoms with Crippen molar-refractivity contribution in [3.8, 4) is 5.75 Å². The number of hydrogen-bond acceptors (Lipinski definition) is 2. The lowest BCUT2D eigenvalue weighted by Crippen LogP contribution is -2.15. The van der Waals surface area contributed by atoms with E-state index < -0.39 is 0 Å². The summed E-state index contributed by atoms with van der Waals surface area (Å²) in [5.74, 6) is 0.627. The number of nitrogens with two attached hydrogens (primary N) is 1. The summed E-state index contributed by atoms with van der Waals surface area (Å²) in [6.07, 6.45) is 0.739. The molecule has 0 aliphatic carbocycles. The molecule has 0 heterocycles. The molecule has 1 unspecified atom stereocenters. The first-order valence-corrected chi connectivity index (χ1v) is 6.90. The first-order chi connectivity index (χ1) is 9.69. The standard InChI is InChI=1S/C16H17ClFNO/c17-14-4-6-16(7-5-14)20-9-8-13(11-19)12-2-1-3-15(18)10-12/h1-7,10,13H,8-9,11,19H2. The summed E-state index contributed by atoms with van der Waals surface area (Å²) < 4.78 is 18.8. The molecule has 0 aromatic heterocycles. The Bertz CT molecular complexity index is 544. The van der Waals surface area contributed by atoms with Gasteiger partial charge in [-0.05, 0) is 60.8 Å². The molecule has 0 fully saturated rings. The lowest BCUT2D eigenvalue weighted by molar-refractivity contribution is 0.298. The van der Waals surface area contributed by atoms with Crippen LogP contribution in [0, 0.1) is 5.82 Å². The molecule has 0 spiro atoms. The average molecular weight is 294 g/mol. The molecular weight excluding hydrogens is 277 g/mol. The van der Waals surface area contributed by atoms with Gasteiger partial charge in [0.2, 0.25) is 0 Å². The highest BCUT2D eigenvalue weighted by Gasteiger charge is 2.10. The van der Waals surface area contributed by atoms with Gasteiger partial charge in [-0.3, -0.25) is 0 Å². The fraction of sp³-hybridized carbons (Fsp3) is 0.250. The highest BCUT2D eigenvalue weighted by molar-refractivity contribution is 6.30. The van der Waals surface area contributed by atoms with Gasteiger partial charge in [-0.25, -0.2) is 4.39 Å².